The largest absolute Gasteiger partial charge is 0.355 e. The summed E-state index contributed by atoms with van der Waals surface area (Å²) in [4.78, 5) is 27.3. The highest BCUT2D eigenvalue weighted by molar-refractivity contribution is 7.92. The predicted octanol–water partition coefficient (Wildman–Crippen LogP) is 3.62. The van der Waals surface area contributed by atoms with Gasteiger partial charge in [0.15, 0.2) is 0 Å². The second-order valence-electron chi connectivity index (χ2n) is 7.45. The first-order valence-corrected chi connectivity index (χ1v) is 12.6. The first-order chi connectivity index (χ1) is 14.9. The molecule has 0 aliphatic rings. The molecule has 1 N–H and O–H groups in total. The maximum Gasteiger partial charge on any atom is 0.244 e. The first kappa shape index (κ1) is 26.0. The van der Waals surface area contributed by atoms with Crippen LogP contribution in [0.2, 0.25) is 10.0 Å². The summed E-state index contributed by atoms with van der Waals surface area (Å²) >= 11 is 12.2. The van der Waals surface area contributed by atoms with E-state index >= 15 is 0 Å². The van der Waals surface area contributed by atoms with E-state index in [0.717, 1.165) is 21.7 Å². The van der Waals surface area contributed by atoms with Gasteiger partial charge < -0.3 is 10.2 Å². The van der Waals surface area contributed by atoms with Crippen LogP contribution in [0.15, 0.2) is 42.5 Å². The number of benzene rings is 2. The summed E-state index contributed by atoms with van der Waals surface area (Å²) < 4.78 is 26.0. The monoisotopic (exact) mass is 499 g/mol. The zero-order chi connectivity index (χ0) is 24.1. The summed E-state index contributed by atoms with van der Waals surface area (Å²) in [6.45, 7) is 5.33. The molecule has 174 valence electrons. The van der Waals surface area contributed by atoms with Gasteiger partial charge in [-0.1, -0.05) is 53.0 Å². The molecule has 32 heavy (non-hydrogen) atoms. The Morgan fingerprint density at radius 1 is 1.12 bits per heavy atom. The van der Waals surface area contributed by atoms with Gasteiger partial charge in [0.2, 0.25) is 21.8 Å². The normalized spacial score (nSPS) is 12.2. The number of likely N-dealkylation sites (N-methyl/N-ethyl adjacent to an activating group) is 1. The molecule has 0 radical (unpaired) electrons. The van der Waals surface area contributed by atoms with Crippen molar-refractivity contribution in [3.63, 3.8) is 0 Å². The SMILES string of the molecule is CCNC(=O)C(C)N(Cc1cccc(C)c1)C(=O)CN(c1cc(Cl)ccc1Cl)S(C)(=O)=O. The molecule has 10 heteroatoms. The minimum Gasteiger partial charge on any atom is -0.355 e. The molecule has 2 rings (SSSR count). The minimum absolute atomic E-state index is 0.0937. The minimum atomic E-state index is -3.88. The lowest BCUT2D eigenvalue weighted by molar-refractivity contribution is -0.139. The second-order valence-corrected chi connectivity index (χ2v) is 10.2. The number of nitrogens with zero attached hydrogens (tertiary/aromatic N) is 2. The van der Waals surface area contributed by atoms with Crippen LogP contribution in [0.1, 0.15) is 25.0 Å². The maximum atomic E-state index is 13.4. The molecular weight excluding hydrogens is 473 g/mol. The fourth-order valence-electron chi connectivity index (χ4n) is 3.18. The van der Waals surface area contributed by atoms with Gasteiger partial charge in [-0.2, -0.15) is 0 Å². The fourth-order valence-corrected chi connectivity index (χ4v) is 4.47. The predicted molar refractivity (Wildman–Crippen MR) is 129 cm³/mol. The van der Waals surface area contributed by atoms with Gasteiger partial charge in [-0.15, -0.1) is 0 Å². The van der Waals surface area contributed by atoms with Crippen LogP contribution in [0.4, 0.5) is 5.69 Å². The summed E-state index contributed by atoms with van der Waals surface area (Å²) in [5.41, 5.74) is 1.92. The number of amides is 2. The second kappa shape index (κ2) is 11.0. The van der Waals surface area contributed by atoms with Crippen LogP contribution in [0, 0.1) is 6.92 Å². The number of hydrogen-bond donors (Lipinski definition) is 1. The van der Waals surface area contributed by atoms with Crippen LogP contribution in [-0.4, -0.2) is 50.5 Å². The molecule has 2 aromatic carbocycles. The van der Waals surface area contributed by atoms with Gasteiger partial charge >= 0.3 is 0 Å². The highest BCUT2D eigenvalue weighted by Crippen LogP contribution is 2.30. The van der Waals surface area contributed by atoms with Crippen molar-refractivity contribution in [2.75, 3.05) is 23.7 Å². The van der Waals surface area contributed by atoms with Crippen molar-refractivity contribution in [1.29, 1.82) is 0 Å². The Hall–Kier alpha value is -2.29. The van der Waals surface area contributed by atoms with Crippen LogP contribution in [0.5, 0.6) is 0 Å². The van der Waals surface area contributed by atoms with E-state index < -0.39 is 28.5 Å². The van der Waals surface area contributed by atoms with Gasteiger partial charge in [-0.25, -0.2) is 8.42 Å². The Bertz CT molecular complexity index is 1090. The van der Waals surface area contributed by atoms with Crippen molar-refractivity contribution in [3.8, 4) is 0 Å². The highest BCUT2D eigenvalue weighted by atomic mass is 35.5. The molecule has 7 nitrogen and oxygen atoms in total. The third-order valence-electron chi connectivity index (χ3n) is 4.81. The number of nitrogens with one attached hydrogen (secondary N) is 1. The molecule has 0 aliphatic heterocycles. The Labute approximate surface area is 199 Å². The molecule has 0 aromatic heterocycles. The van der Waals surface area contributed by atoms with Crippen molar-refractivity contribution < 1.29 is 18.0 Å². The van der Waals surface area contributed by atoms with E-state index in [-0.39, 0.29) is 28.2 Å². The van der Waals surface area contributed by atoms with Crippen LogP contribution >= 0.6 is 23.2 Å². The van der Waals surface area contributed by atoms with Gasteiger partial charge in [0.1, 0.15) is 12.6 Å². The highest BCUT2D eigenvalue weighted by Gasteiger charge is 2.30. The summed E-state index contributed by atoms with van der Waals surface area (Å²) in [6, 6.07) is 11.1. The molecule has 0 fully saturated rings. The number of carbonyl (C=O) groups excluding carboxylic acids is 2. The third kappa shape index (κ3) is 6.85. The molecule has 0 bridgehead atoms. The number of hydrogen-bond acceptors (Lipinski definition) is 4. The Kier molecular flexibility index (Phi) is 8.95. The van der Waals surface area contributed by atoms with Crippen molar-refractivity contribution in [2.45, 2.75) is 33.4 Å². The van der Waals surface area contributed by atoms with E-state index in [1.807, 2.05) is 31.2 Å². The van der Waals surface area contributed by atoms with Crippen LogP contribution in [0.3, 0.4) is 0 Å². The van der Waals surface area contributed by atoms with Crippen LogP contribution < -0.4 is 9.62 Å². The van der Waals surface area contributed by atoms with Crippen molar-refractivity contribution in [2.24, 2.45) is 0 Å². The third-order valence-corrected chi connectivity index (χ3v) is 6.49. The molecule has 1 unspecified atom stereocenters. The first-order valence-electron chi connectivity index (χ1n) is 9.99. The van der Waals surface area contributed by atoms with Crippen molar-refractivity contribution >= 4 is 50.7 Å². The molecule has 2 amide bonds. The standard InChI is InChI=1S/C22H27Cl2N3O4S/c1-5-25-22(29)16(3)26(13-17-8-6-7-15(2)11-17)21(28)14-27(32(4,30)31)20-12-18(23)9-10-19(20)24/h6-12,16H,5,13-14H2,1-4H3,(H,25,29). The lowest BCUT2D eigenvalue weighted by atomic mass is 10.1. The average molecular weight is 500 g/mol. The molecule has 1 atom stereocenters. The number of halogens is 2. The maximum absolute atomic E-state index is 13.4. The Morgan fingerprint density at radius 3 is 2.41 bits per heavy atom. The van der Waals surface area contributed by atoms with E-state index in [0.29, 0.717) is 6.54 Å². The van der Waals surface area contributed by atoms with Gasteiger partial charge in [0.25, 0.3) is 0 Å². The average Bonchev–Trinajstić information content (AvgIpc) is 2.71. The lowest BCUT2D eigenvalue weighted by Crippen LogP contribution is -2.51. The van der Waals surface area contributed by atoms with Gasteiger partial charge in [0, 0.05) is 18.1 Å². The molecule has 0 spiro atoms. The van der Waals surface area contributed by atoms with E-state index in [2.05, 4.69) is 5.32 Å². The van der Waals surface area contributed by atoms with Gasteiger partial charge in [0.05, 0.1) is 17.0 Å². The molecule has 2 aromatic rings. The molecule has 0 aliphatic carbocycles. The smallest absolute Gasteiger partial charge is 0.244 e. The number of rotatable bonds is 9. The van der Waals surface area contributed by atoms with E-state index in [4.69, 9.17) is 23.2 Å². The topological polar surface area (TPSA) is 86.8 Å². The van der Waals surface area contributed by atoms with Gasteiger partial charge in [-0.3, -0.25) is 13.9 Å². The summed E-state index contributed by atoms with van der Waals surface area (Å²) in [6.07, 6.45) is 0.982. The van der Waals surface area contributed by atoms with E-state index in [1.165, 1.54) is 23.1 Å². The Balaban J connectivity index is 2.43. The zero-order valence-electron chi connectivity index (χ0n) is 18.4. The van der Waals surface area contributed by atoms with Crippen LogP contribution in [-0.2, 0) is 26.2 Å². The Morgan fingerprint density at radius 2 is 1.81 bits per heavy atom. The van der Waals surface area contributed by atoms with E-state index in [9.17, 15) is 18.0 Å². The zero-order valence-corrected chi connectivity index (χ0v) is 20.8. The van der Waals surface area contributed by atoms with Crippen LogP contribution in [0.25, 0.3) is 0 Å². The summed E-state index contributed by atoms with van der Waals surface area (Å²) in [5.74, 6) is -0.882. The molecule has 0 saturated heterocycles. The number of carbonyl (C=O) groups is 2. The molecular formula is C22H27Cl2N3O4S. The number of anilines is 1. The summed E-state index contributed by atoms with van der Waals surface area (Å²) in [5, 5.41) is 3.12. The summed E-state index contributed by atoms with van der Waals surface area (Å²) in [7, 11) is -3.88. The number of aryl methyl sites for hydroxylation is 1. The van der Waals surface area contributed by atoms with E-state index in [1.54, 1.807) is 13.8 Å². The fraction of sp³-hybridized carbons (Fsp3) is 0.364. The van der Waals surface area contributed by atoms with Crippen molar-refractivity contribution in [1.82, 2.24) is 10.2 Å². The van der Waals surface area contributed by atoms with Gasteiger partial charge in [-0.05, 0) is 44.5 Å². The lowest BCUT2D eigenvalue weighted by Gasteiger charge is -2.31. The quantitative estimate of drug-likeness (QED) is 0.570. The molecule has 0 heterocycles. The van der Waals surface area contributed by atoms with Crippen molar-refractivity contribution in [3.05, 3.63) is 63.6 Å². The molecule has 0 saturated carbocycles. The number of sulfonamides is 1.